The van der Waals surface area contributed by atoms with E-state index in [2.05, 4.69) is 0 Å². The van der Waals surface area contributed by atoms with Crippen LogP contribution in [0.5, 0.6) is 11.6 Å². The van der Waals surface area contributed by atoms with E-state index in [9.17, 15) is 20.0 Å². The quantitative estimate of drug-likeness (QED) is 0.798. The van der Waals surface area contributed by atoms with Gasteiger partial charge in [0, 0.05) is 6.04 Å². The summed E-state index contributed by atoms with van der Waals surface area (Å²) in [5.74, 6) is -0.193. The Balaban J connectivity index is 2.01. The van der Waals surface area contributed by atoms with Gasteiger partial charge in [-0.2, -0.15) is 5.26 Å². The molecule has 146 valence electrons. The molecule has 1 saturated carbocycles. The molecule has 0 saturated heterocycles. The van der Waals surface area contributed by atoms with Crippen molar-refractivity contribution < 1.29 is 14.6 Å². The number of carbonyl (C=O) groups excluding carboxylic acids is 1. The lowest BCUT2D eigenvalue weighted by molar-refractivity contribution is 0.0915. The van der Waals surface area contributed by atoms with Crippen LogP contribution in [0.15, 0.2) is 23.0 Å². The first-order chi connectivity index (χ1) is 13.4. The van der Waals surface area contributed by atoms with Crippen molar-refractivity contribution in [3.8, 4) is 17.7 Å². The molecule has 0 spiro atoms. The molecule has 1 aliphatic rings. The summed E-state index contributed by atoms with van der Waals surface area (Å²) in [6.45, 7) is 5.02. The fourth-order valence-electron chi connectivity index (χ4n) is 3.99. The SMILES string of the molecule is Cc1cccc(C)c1OCC(=O)c1c(C)c(C#N)c(=O)n(C2CCCC2)c1O. The van der Waals surface area contributed by atoms with Crippen molar-refractivity contribution in [2.24, 2.45) is 0 Å². The number of hydrogen-bond donors (Lipinski definition) is 1. The number of aromatic hydroxyl groups is 1. The Morgan fingerprint density at radius 1 is 1.25 bits per heavy atom. The molecule has 28 heavy (non-hydrogen) atoms. The highest BCUT2D eigenvalue weighted by Crippen LogP contribution is 2.34. The predicted octanol–water partition coefficient (Wildman–Crippen LogP) is 3.73. The van der Waals surface area contributed by atoms with E-state index in [1.54, 1.807) is 0 Å². The number of Topliss-reactive ketones (excluding diaryl/α,β-unsaturated/α-hetero) is 1. The Morgan fingerprint density at radius 2 is 1.86 bits per heavy atom. The second kappa shape index (κ2) is 7.89. The van der Waals surface area contributed by atoms with Gasteiger partial charge in [-0.05, 0) is 50.3 Å². The normalized spacial score (nSPS) is 14.1. The number of rotatable bonds is 5. The van der Waals surface area contributed by atoms with Crippen molar-refractivity contribution in [3.63, 3.8) is 0 Å². The Labute approximate surface area is 164 Å². The van der Waals surface area contributed by atoms with Gasteiger partial charge in [0.05, 0.1) is 5.56 Å². The molecule has 1 N–H and O–H groups in total. The highest BCUT2D eigenvalue weighted by molar-refractivity contribution is 6.01. The topological polar surface area (TPSA) is 92.3 Å². The van der Waals surface area contributed by atoms with E-state index in [1.807, 2.05) is 38.1 Å². The maximum absolute atomic E-state index is 12.9. The fourth-order valence-corrected chi connectivity index (χ4v) is 3.99. The highest BCUT2D eigenvalue weighted by Gasteiger charge is 2.29. The van der Waals surface area contributed by atoms with Crippen LogP contribution in [0.3, 0.4) is 0 Å². The molecule has 0 bridgehead atoms. The zero-order valence-electron chi connectivity index (χ0n) is 16.4. The molecule has 1 aromatic carbocycles. The van der Waals surface area contributed by atoms with Gasteiger partial charge < -0.3 is 9.84 Å². The van der Waals surface area contributed by atoms with Crippen molar-refractivity contribution in [1.29, 1.82) is 5.26 Å². The Hall–Kier alpha value is -3.07. The average molecular weight is 380 g/mol. The van der Waals surface area contributed by atoms with E-state index in [4.69, 9.17) is 4.74 Å². The monoisotopic (exact) mass is 380 g/mol. The van der Waals surface area contributed by atoms with Gasteiger partial charge in [-0.1, -0.05) is 31.0 Å². The lowest BCUT2D eigenvalue weighted by Crippen LogP contribution is -2.29. The third kappa shape index (κ3) is 3.40. The van der Waals surface area contributed by atoms with Gasteiger partial charge in [-0.15, -0.1) is 0 Å². The summed E-state index contributed by atoms with van der Waals surface area (Å²) in [4.78, 5) is 25.6. The number of ketones is 1. The molecule has 1 aromatic heterocycles. The standard InChI is InChI=1S/C22H24N2O4/c1-13-7-6-8-14(2)20(13)28-12-18(25)19-15(3)17(11-23)21(26)24(22(19)27)16-9-4-5-10-16/h6-8,16,27H,4-5,9-10,12H2,1-3H3. The third-order valence-corrected chi connectivity index (χ3v) is 5.47. The molecule has 2 aromatic rings. The van der Waals surface area contributed by atoms with E-state index in [1.165, 1.54) is 11.5 Å². The van der Waals surface area contributed by atoms with Crippen LogP contribution >= 0.6 is 0 Å². The summed E-state index contributed by atoms with van der Waals surface area (Å²) < 4.78 is 6.96. The number of benzene rings is 1. The number of para-hydroxylation sites is 1. The molecular formula is C22H24N2O4. The van der Waals surface area contributed by atoms with Gasteiger partial charge >= 0.3 is 0 Å². The summed E-state index contributed by atoms with van der Waals surface area (Å²) in [5, 5.41) is 20.2. The van der Waals surface area contributed by atoms with E-state index >= 15 is 0 Å². The number of aryl methyl sites for hydroxylation is 2. The van der Waals surface area contributed by atoms with Crippen LogP contribution < -0.4 is 10.3 Å². The van der Waals surface area contributed by atoms with Crippen LogP contribution in [0, 0.1) is 32.1 Å². The van der Waals surface area contributed by atoms with Crippen molar-refractivity contribution in [1.82, 2.24) is 4.57 Å². The molecule has 3 rings (SSSR count). The Kier molecular flexibility index (Phi) is 5.55. The Morgan fingerprint density at radius 3 is 2.43 bits per heavy atom. The maximum atomic E-state index is 12.9. The summed E-state index contributed by atoms with van der Waals surface area (Å²) >= 11 is 0. The van der Waals surface area contributed by atoms with E-state index in [0.717, 1.165) is 36.8 Å². The van der Waals surface area contributed by atoms with Crippen LogP contribution in [0.2, 0.25) is 0 Å². The second-order valence-corrected chi connectivity index (χ2v) is 7.36. The van der Waals surface area contributed by atoms with E-state index < -0.39 is 11.3 Å². The molecule has 0 radical (unpaired) electrons. The van der Waals surface area contributed by atoms with Crippen LogP contribution in [-0.2, 0) is 0 Å². The van der Waals surface area contributed by atoms with Crippen molar-refractivity contribution in [2.75, 3.05) is 6.61 Å². The molecule has 0 aliphatic heterocycles. The Bertz CT molecular complexity index is 1000. The van der Waals surface area contributed by atoms with Crippen molar-refractivity contribution in [2.45, 2.75) is 52.5 Å². The van der Waals surface area contributed by atoms with E-state index in [-0.39, 0.29) is 35.2 Å². The molecule has 0 atom stereocenters. The molecule has 1 heterocycles. The molecule has 0 unspecified atom stereocenters. The smallest absolute Gasteiger partial charge is 0.271 e. The van der Waals surface area contributed by atoms with Gasteiger partial charge in [0.25, 0.3) is 5.56 Å². The number of hydrogen-bond acceptors (Lipinski definition) is 5. The van der Waals surface area contributed by atoms with Crippen LogP contribution in [0.1, 0.15) is 64.3 Å². The zero-order valence-corrected chi connectivity index (χ0v) is 16.4. The molecule has 1 fully saturated rings. The summed E-state index contributed by atoms with van der Waals surface area (Å²) in [5.41, 5.74) is 1.38. The zero-order chi connectivity index (χ0) is 20.4. The van der Waals surface area contributed by atoms with Crippen LogP contribution in [0.25, 0.3) is 0 Å². The number of pyridine rings is 1. The lowest BCUT2D eigenvalue weighted by Gasteiger charge is -2.20. The van der Waals surface area contributed by atoms with E-state index in [0.29, 0.717) is 5.75 Å². The minimum atomic E-state index is -0.531. The maximum Gasteiger partial charge on any atom is 0.271 e. The lowest BCUT2D eigenvalue weighted by atomic mass is 10.0. The minimum absolute atomic E-state index is 0.00529. The fraction of sp³-hybridized carbons (Fsp3) is 0.409. The number of nitrogens with zero attached hydrogens (tertiary/aromatic N) is 2. The van der Waals surface area contributed by atoms with Crippen molar-refractivity contribution in [3.05, 3.63) is 56.4 Å². The van der Waals surface area contributed by atoms with Crippen LogP contribution in [0.4, 0.5) is 0 Å². The first kappa shape index (κ1) is 19.7. The first-order valence-corrected chi connectivity index (χ1v) is 9.47. The number of carbonyl (C=O) groups is 1. The van der Waals surface area contributed by atoms with Gasteiger partial charge in [-0.3, -0.25) is 14.2 Å². The molecule has 0 amide bonds. The molecule has 6 nitrogen and oxygen atoms in total. The number of aromatic nitrogens is 1. The minimum Gasteiger partial charge on any atom is -0.494 e. The molecular weight excluding hydrogens is 356 g/mol. The largest absolute Gasteiger partial charge is 0.494 e. The molecule has 6 heteroatoms. The summed E-state index contributed by atoms with van der Waals surface area (Å²) in [6.07, 6.45) is 3.39. The molecule has 1 aliphatic carbocycles. The van der Waals surface area contributed by atoms with Gasteiger partial charge in [0.1, 0.15) is 17.4 Å². The average Bonchev–Trinajstić information content (AvgIpc) is 3.16. The number of nitriles is 1. The van der Waals surface area contributed by atoms with Gasteiger partial charge in [-0.25, -0.2) is 0 Å². The van der Waals surface area contributed by atoms with Gasteiger partial charge in [0.2, 0.25) is 11.7 Å². The highest BCUT2D eigenvalue weighted by atomic mass is 16.5. The van der Waals surface area contributed by atoms with Crippen LogP contribution in [-0.4, -0.2) is 22.1 Å². The summed E-state index contributed by atoms with van der Waals surface area (Å²) in [7, 11) is 0. The first-order valence-electron chi connectivity index (χ1n) is 9.47. The summed E-state index contributed by atoms with van der Waals surface area (Å²) in [6, 6.07) is 7.41. The van der Waals surface area contributed by atoms with Crippen molar-refractivity contribution >= 4 is 5.78 Å². The second-order valence-electron chi connectivity index (χ2n) is 7.36. The third-order valence-electron chi connectivity index (χ3n) is 5.47. The number of ether oxygens (including phenoxy) is 1. The predicted molar refractivity (Wildman–Crippen MR) is 105 cm³/mol. The van der Waals surface area contributed by atoms with Gasteiger partial charge in [0.15, 0.2) is 6.61 Å².